The van der Waals surface area contributed by atoms with Crippen molar-refractivity contribution in [1.82, 2.24) is 14.9 Å². The van der Waals surface area contributed by atoms with Gasteiger partial charge in [0.05, 0.1) is 37.4 Å². The summed E-state index contributed by atoms with van der Waals surface area (Å²) in [5.74, 6) is 2.84. The molecule has 3 aromatic carbocycles. The van der Waals surface area contributed by atoms with Gasteiger partial charge in [0.2, 0.25) is 0 Å². The number of carbonyl (C=O) groups is 1. The van der Waals surface area contributed by atoms with Crippen LogP contribution in [0.5, 0.6) is 17.2 Å². The summed E-state index contributed by atoms with van der Waals surface area (Å²) in [7, 11) is 3.22. The van der Waals surface area contributed by atoms with E-state index in [2.05, 4.69) is 22.5 Å². The number of fused-ring (bicyclic) bond motifs is 1. The van der Waals surface area contributed by atoms with Crippen LogP contribution in [0.3, 0.4) is 0 Å². The third-order valence-electron chi connectivity index (χ3n) is 6.36. The van der Waals surface area contributed by atoms with Gasteiger partial charge in [-0.05, 0) is 61.2 Å². The second-order valence-electron chi connectivity index (χ2n) is 8.91. The van der Waals surface area contributed by atoms with Crippen LogP contribution in [0.1, 0.15) is 34.6 Å². The van der Waals surface area contributed by atoms with Crippen LogP contribution in [0.25, 0.3) is 11.0 Å². The second-order valence-corrected chi connectivity index (χ2v) is 8.91. The van der Waals surface area contributed by atoms with Gasteiger partial charge >= 0.3 is 0 Å². The SMILES string of the molecule is C=CCc1ccc(OCCCCn2c(CCNC(=O)c3ccccc3OC)nc3ccccc32)c(OC)c1. The number of nitrogens with zero attached hydrogens (tertiary/aromatic N) is 2. The molecule has 0 radical (unpaired) electrons. The third-order valence-corrected chi connectivity index (χ3v) is 6.36. The summed E-state index contributed by atoms with van der Waals surface area (Å²) < 4.78 is 19.1. The lowest BCUT2D eigenvalue weighted by atomic mass is 10.1. The Morgan fingerprint density at radius 2 is 1.76 bits per heavy atom. The number of imidazole rings is 1. The van der Waals surface area contributed by atoms with Crippen LogP contribution in [-0.2, 0) is 19.4 Å². The number of ether oxygens (including phenoxy) is 3. The van der Waals surface area contributed by atoms with Crippen molar-refractivity contribution in [2.24, 2.45) is 0 Å². The Labute approximate surface area is 224 Å². The van der Waals surface area contributed by atoms with E-state index in [0.29, 0.717) is 30.9 Å². The summed E-state index contributed by atoms with van der Waals surface area (Å²) in [4.78, 5) is 17.5. The molecular formula is C31H35N3O4. The van der Waals surface area contributed by atoms with Crippen LogP contribution in [0.15, 0.2) is 79.4 Å². The van der Waals surface area contributed by atoms with Gasteiger partial charge in [-0.2, -0.15) is 0 Å². The first-order valence-corrected chi connectivity index (χ1v) is 12.9. The average molecular weight is 514 g/mol. The summed E-state index contributed by atoms with van der Waals surface area (Å²) in [6, 6.07) is 21.3. The predicted molar refractivity (Wildman–Crippen MR) is 150 cm³/mol. The molecule has 0 bridgehead atoms. The minimum absolute atomic E-state index is 0.157. The molecule has 1 aromatic heterocycles. The lowest BCUT2D eigenvalue weighted by molar-refractivity contribution is 0.0951. The number of aryl methyl sites for hydroxylation is 1. The maximum atomic E-state index is 12.7. The van der Waals surface area contributed by atoms with Crippen LogP contribution in [0.2, 0.25) is 0 Å². The molecule has 7 nitrogen and oxygen atoms in total. The fourth-order valence-electron chi connectivity index (χ4n) is 4.46. The summed E-state index contributed by atoms with van der Waals surface area (Å²) >= 11 is 0. The smallest absolute Gasteiger partial charge is 0.255 e. The Bertz CT molecular complexity index is 1380. The number of methoxy groups -OCH3 is 2. The van der Waals surface area contributed by atoms with E-state index in [1.54, 1.807) is 26.4 Å². The highest BCUT2D eigenvalue weighted by atomic mass is 16.5. The normalized spacial score (nSPS) is 10.8. The quantitative estimate of drug-likeness (QED) is 0.175. The van der Waals surface area contributed by atoms with Crippen molar-refractivity contribution in [3.8, 4) is 17.2 Å². The number of hydrogen-bond donors (Lipinski definition) is 1. The molecule has 0 saturated heterocycles. The maximum absolute atomic E-state index is 12.7. The number of para-hydroxylation sites is 3. The van der Waals surface area contributed by atoms with E-state index < -0.39 is 0 Å². The van der Waals surface area contributed by atoms with Gasteiger partial charge < -0.3 is 24.1 Å². The van der Waals surface area contributed by atoms with Crippen molar-refractivity contribution >= 4 is 16.9 Å². The van der Waals surface area contributed by atoms with Crippen LogP contribution >= 0.6 is 0 Å². The first-order chi connectivity index (χ1) is 18.6. The lowest BCUT2D eigenvalue weighted by Gasteiger charge is -2.13. The van der Waals surface area contributed by atoms with Gasteiger partial charge in [-0.15, -0.1) is 6.58 Å². The lowest BCUT2D eigenvalue weighted by Crippen LogP contribution is -2.27. The zero-order valence-corrected chi connectivity index (χ0v) is 22.1. The number of nitrogens with one attached hydrogen (secondary N) is 1. The van der Waals surface area contributed by atoms with Gasteiger partial charge in [0.25, 0.3) is 5.91 Å². The van der Waals surface area contributed by atoms with Crippen LogP contribution < -0.4 is 19.5 Å². The number of unbranched alkanes of at least 4 members (excludes halogenated alkanes) is 1. The summed E-state index contributed by atoms with van der Waals surface area (Å²) in [5, 5.41) is 3.00. The van der Waals surface area contributed by atoms with E-state index in [9.17, 15) is 4.79 Å². The van der Waals surface area contributed by atoms with E-state index in [4.69, 9.17) is 19.2 Å². The molecule has 38 heavy (non-hydrogen) atoms. The fourth-order valence-corrected chi connectivity index (χ4v) is 4.46. The molecule has 0 aliphatic carbocycles. The Balaban J connectivity index is 1.34. The van der Waals surface area contributed by atoms with Crippen LogP contribution in [0, 0.1) is 0 Å². The van der Waals surface area contributed by atoms with E-state index in [-0.39, 0.29) is 5.91 Å². The van der Waals surface area contributed by atoms with Gasteiger partial charge in [-0.1, -0.05) is 36.4 Å². The standard InChI is InChI=1S/C31H35N3O4/c1-4-11-23-16-17-28(29(22-23)37-3)38-21-10-9-20-34-26-14-7-6-13-25(26)33-30(34)18-19-32-31(35)24-12-5-8-15-27(24)36-2/h4-8,12-17,22H,1,9-11,18-21H2,2-3H3,(H,32,35). The summed E-state index contributed by atoms with van der Waals surface area (Å²) in [6.45, 7) is 5.67. The molecule has 0 saturated carbocycles. The van der Waals surface area contributed by atoms with E-state index in [0.717, 1.165) is 59.7 Å². The Hall–Kier alpha value is -4.26. The van der Waals surface area contributed by atoms with Crippen molar-refractivity contribution < 1.29 is 19.0 Å². The monoisotopic (exact) mass is 513 g/mol. The number of aromatic nitrogens is 2. The molecule has 4 aromatic rings. The number of benzene rings is 3. The highest BCUT2D eigenvalue weighted by Crippen LogP contribution is 2.28. The first kappa shape index (κ1) is 26.8. The number of amides is 1. The highest BCUT2D eigenvalue weighted by molar-refractivity contribution is 5.96. The summed E-state index contributed by atoms with van der Waals surface area (Å²) in [5.41, 5.74) is 3.72. The van der Waals surface area contributed by atoms with Gasteiger partial charge in [0, 0.05) is 19.5 Å². The number of carbonyl (C=O) groups excluding carboxylic acids is 1. The molecule has 198 valence electrons. The molecule has 0 atom stereocenters. The highest BCUT2D eigenvalue weighted by Gasteiger charge is 2.14. The number of hydrogen-bond acceptors (Lipinski definition) is 5. The molecule has 0 aliphatic rings. The molecule has 0 fully saturated rings. The van der Waals surface area contributed by atoms with Gasteiger partial charge in [-0.3, -0.25) is 4.79 Å². The van der Waals surface area contributed by atoms with Crippen molar-refractivity contribution in [2.75, 3.05) is 27.4 Å². The number of rotatable bonds is 14. The van der Waals surface area contributed by atoms with E-state index >= 15 is 0 Å². The number of allylic oxidation sites excluding steroid dienone is 1. The van der Waals surface area contributed by atoms with Crippen molar-refractivity contribution in [3.63, 3.8) is 0 Å². The van der Waals surface area contributed by atoms with Gasteiger partial charge in [-0.25, -0.2) is 4.98 Å². The van der Waals surface area contributed by atoms with Crippen molar-refractivity contribution in [1.29, 1.82) is 0 Å². The minimum Gasteiger partial charge on any atom is -0.496 e. The predicted octanol–water partition coefficient (Wildman–Crippen LogP) is 5.61. The Kier molecular flexibility index (Phi) is 9.40. The minimum atomic E-state index is -0.157. The fraction of sp³-hybridized carbons (Fsp3) is 0.290. The molecule has 0 spiro atoms. The largest absolute Gasteiger partial charge is 0.496 e. The Morgan fingerprint density at radius 1 is 0.974 bits per heavy atom. The molecule has 1 heterocycles. The third kappa shape index (κ3) is 6.54. The second kappa shape index (κ2) is 13.3. The van der Waals surface area contributed by atoms with Gasteiger partial charge in [0.15, 0.2) is 11.5 Å². The maximum Gasteiger partial charge on any atom is 0.255 e. The van der Waals surface area contributed by atoms with Crippen molar-refractivity contribution in [3.05, 3.63) is 96.3 Å². The topological polar surface area (TPSA) is 74.6 Å². The molecule has 7 heteroatoms. The van der Waals surface area contributed by atoms with Crippen LogP contribution in [0.4, 0.5) is 0 Å². The summed E-state index contributed by atoms with van der Waals surface area (Å²) in [6.07, 6.45) is 5.10. The Morgan fingerprint density at radius 3 is 2.58 bits per heavy atom. The molecule has 0 unspecified atom stereocenters. The van der Waals surface area contributed by atoms with E-state index in [1.807, 2.05) is 54.6 Å². The zero-order chi connectivity index (χ0) is 26.7. The van der Waals surface area contributed by atoms with E-state index in [1.165, 1.54) is 0 Å². The van der Waals surface area contributed by atoms with Crippen LogP contribution in [-0.4, -0.2) is 42.8 Å². The molecular weight excluding hydrogens is 478 g/mol. The van der Waals surface area contributed by atoms with Crippen molar-refractivity contribution in [2.45, 2.75) is 32.2 Å². The molecule has 1 amide bonds. The average Bonchev–Trinajstić information content (AvgIpc) is 3.30. The molecule has 4 rings (SSSR count). The molecule has 1 N–H and O–H groups in total. The van der Waals surface area contributed by atoms with Gasteiger partial charge in [0.1, 0.15) is 11.6 Å². The first-order valence-electron chi connectivity index (χ1n) is 12.9. The molecule has 0 aliphatic heterocycles. The zero-order valence-electron chi connectivity index (χ0n) is 22.1.